The standard InChI is InChI=1S/C11H8N2O/c1-2-8-4-7-14-10(8)9(3-1)11-12-5-6-13-11/h1-7H,(H,12,13). The van der Waals surface area contributed by atoms with Crippen LogP contribution in [-0.2, 0) is 0 Å². The number of imidazole rings is 1. The molecule has 14 heavy (non-hydrogen) atoms. The van der Waals surface area contributed by atoms with E-state index in [1.165, 1.54) is 0 Å². The molecule has 1 N–H and O–H groups in total. The van der Waals surface area contributed by atoms with Crippen molar-refractivity contribution in [3.8, 4) is 11.4 Å². The first-order valence-electron chi connectivity index (χ1n) is 4.41. The van der Waals surface area contributed by atoms with Gasteiger partial charge >= 0.3 is 0 Å². The van der Waals surface area contributed by atoms with E-state index in [1.54, 1.807) is 18.7 Å². The summed E-state index contributed by atoms with van der Waals surface area (Å²) in [5, 5.41) is 1.10. The maximum Gasteiger partial charge on any atom is 0.144 e. The molecule has 0 aliphatic rings. The molecule has 0 unspecified atom stereocenters. The molecule has 0 bridgehead atoms. The van der Waals surface area contributed by atoms with E-state index in [-0.39, 0.29) is 0 Å². The molecular formula is C11H8N2O. The van der Waals surface area contributed by atoms with Crippen molar-refractivity contribution in [1.82, 2.24) is 9.97 Å². The Morgan fingerprint density at radius 1 is 1.21 bits per heavy atom. The number of aromatic nitrogens is 2. The molecule has 0 amide bonds. The number of rotatable bonds is 1. The Labute approximate surface area is 80.4 Å². The maximum absolute atomic E-state index is 5.41. The molecule has 0 aliphatic heterocycles. The molecule has 0 fully saturated rings. The van der Waals surface area contributed by atoms with Crippen molar-refractivity contribution in [2.75, 3.05) is 0 Å². The number of nitrogens with one attached hydrogen (secondary N) is 1. The minimum absolute atomic E-state index is 0.838. The SMILES string of the molecule is c1cc(-c2ncc[nH]2)c2occc2c1. The van der Waals surface area contributed by atoms with Crippen LogP contribution in [0, 0.1) is 0 Å². The predicted octanol–water partition coefficient (Wildman–Crippen LogP) is 2.82. The third-order valence-electron chi connectivity index (χ3n) is 2.23. The summed E-state index contributed by atoms with van der Waals surface area (Å²) in [7, 11) is 0. The van der Waals surface area contributed by atoms with Gasteiger partial charge in [-0.1, -0.05) is 12.1 Å². The van der Waals surface area contributed by atoms with Gasteiger partial charge in [-0.3, -0.25) is 0 Å². The van der Waals surface area contributed by atoms with E-state index in [2.05, 4.69) is 9.97 Å². The lowest BCUT2D eigenvalue weighted by molar-refractivity contribution is 0.616. The van der Waals surface area contributed by atoms with E-state index < -0.39 is 0 Å². The Balaban J connectivity index is 2.36. The lowest BCUT2D eigenvalue weighted by Gasteiger charge is -1.96. The number of nitrogens with zero attached hydrogens (tertiary/aromatic N) is 1. The third-order valence-corrected chi connectivity index (χ3v) is 2.23. The highest BCUT2D eigenvalue weighted by Crippen LogP contribution is 2.26. The van der Waals surface area contributed by atoms with Crippen LogP contribution in [-0.4, -0.2) is 9.97 Å². The first-order chi connectivity index (χ1) is 6.95. The van der Waals surface area contributed by atoms with Crippen molar-refractivity contribution in [2.45, 2.75) is 0 Å². The van der Waals surface area contributed by atoms with E-state index in [0.29, 0.717) is 0 Å². The van der Waals surface area contributed by atoms with Crippen molar-refractivity contribution < 1.29 is 4.42 Å². The Hall–Kier alpha value is -2.03. The number of fused-ring (bicyclic) bond motifs is 1. The molecule has 0 saturated heterocycles. The molecule has 3 rings (SSSR count). The second-order valence-electron chi connectivity index (χ2n) is 3.08. The van der Waals surface area contributed by atoms with Crippen LogP contribution in [0.1, 0.15) is 0 Å². The summed E-state index contributed by atoms with van der Waals surface area (Å²) in [5.41, 5.74) is 1.87. The smallest absolute Gasteiger partial charge is 0.144 e. The number of benzene rings is 1. The largest absolute Gasteiger partial charge is 0.464 e. The Bertz CT molecular complexity index is 551. The van der Waals surface area contributed by atoms with Crippen LogP contribution in [0.2, 0.25) is 0 Å². The number of furan rings is 1. The lowest BCUT2D eigenvalue weighted by Crippen LogP contribution is -1.80. The summed E-state index contributed by atoms with van der Waals surface area (Å²) >= 11 is 0. The molecule has 0 radical (unpaired) electrons. The number of H-pyrrole nitrogens is 1. The number of aromatic amines is 1. The van der Waals surface area contributed by atoms with Gasteiger partial charge in [-0.05, 0) is 12.1 Å². The molecule has 3 aromatic rings. The Kier molecular flexibility index (Phi) is 1.44. The highest BCUT2D eigenvalue weighted by molar-refractivity contribution is 5.90. The fourth-order valence-electron chi connectivity index (χ4n) is 1.59. The summed E-state index contributed by atoms with van der Waals surface area (Å²) in [5.74, 6) is 0.838. The highest BCUT2D eigenvalue weighted by Gasteiger charge is 2.07. The zero-order chi connectivity index (χ0) is 9.38. The molecule has 2 aromatic heterocycles. The van der Waals surface area contributed by atoms with E-state index in [9.17, 15) is 0 Å². The minimum atomic E-state index is 0.838. The average molecular weight is 184 g/mol. The van der Waals surface area contributed by atoms with Crippen LogP contribution in [0.5, 0.6) is 0 Å². The fraction of sp³-hybridized carbons (Fsp3) is 0. The van der Waals surface area contributed by atoms with Gasteiger partial charge in [-0.2, -0.15) is 0 Å². The third kappa shape index (κ3) is 0.956. The van der Waals surface area contributed by atoms with Crippen molar-refractivity contribution in [3.05, 3.63) is 42.9 Å². The normalized spacial score (nSPS) is 10.9. The zero-order valence-corrected chi connectivity index (χ0v) is 7.40. The van der Waals surface area contributed by atoms with Crippen LogP contribution in [0.15, 0.2) is 47.3 Å². The number of hydrogen-bond donors (Lipinski definition) is 1. The summed E-state index contributed by atoms with van der Waals surface area (Å²) in [6.07, 6.45) is 5.23. The monoisotopic (exact) mass is 184 g/mol. The van der Waals surface area contributed by atoms with Gasteiger partial charge in [0, 0.05) is 17.8 Å². The Morgan fingerprint density at radius 2 is 2.21 bits per heavy atom. The van der Waals surface area contributed by atoms with E-state index >= 15 is 0 Å². The van der Waals surface area contributed by atoms with Gasteiger partial charge in [0.2, 0.25) is 0 Å². The van der Waals surface area contributed by atoms with E-state index in [1.807, 2.05) is 24.3 Å². The first-order valence-corrected chi connectivity index (χ1v) is 4.41. The van der Waals surface area contributed by atoms with Crippen molar-refractivity contribution in [1.29, 1.82) is 0 Å². The van der Waals surface area contributed by atoms with Crippen LogP contribution >= 0.6 is 0 Å². The predicted molar refractivity (Wildman–Crippen MR) is 53.8 cm³/mol. The van der Waals surface area contributed by atoms with Crippen molar-refractivity contribution in [2.24, 2.45) is 0 Å². The van der Waals surface area contributed by atoms with Crippen LogP contribution in [0.4, 0.5) is 0 Å². The van der Waals surface area contributed by atoms with Crippen LogP contribution < -0.4 is 0 Å². The van der Waals surface area contributed by atoms with Gasteiger partial charge in [0.05, 0.1) is 11.8 Å². The number of para-hydroxylation sites is 1. The molecule has 68 valence electrons. The van der Waals surface area contributed by atoms with Gasteiger partial charge in [0.15, 0.2) is 0 Å². The minimum Gasteiger partial charge on any atom is -0.464 e. The number of hydrogen-bond acceptors (Lipinski definition) is 2. The zero-order valence-electron chi connectivity index (χ0n) is 7.40. The molecule has 2 heterocycles. The highest BCUT2D eigenvalue weighted by atomic mass is 16.3. The van der Waals surface area contributed by atoms with Crippen LogP contribution in [0.3, 0.4) is 0 Å². The maximum atomic E-state index is 5.41. The average Bonchev–Trinajstić information content (AvgIpc) is 2.88. The molecule has 0 atom stereocenters. The van der Waals surface area contributed by atoms with Gasteiger partial charge in [0.25, 0.3) is 0 Å². The lowest BCUT2D eigenvalue weighted by atomic mass is 10.1. The molecule has 3 heteroatoms. The molecule has 1 aromatic carbocycles. The van der Waals surface area contributed by atoms with Gasteiger partial charge in [0.1, 0.15) is 11.4 Å². The van der Waals surface area contributed by atoms with Gasteiger partial charge in [-0.15, -0.1) is 0 Å². The second kappa shape index (κ2) is 2.73. The summed E-state index contributed by atoms with van der Waals surface area (Å²) in [6, 6.07) is 7.95. The second-order valence-corrected chi connectivity index (χ2v) is 3.08. The summed E-state index contributed by atoms with van der Waals surface area (Å²) < 4.78 is 5.41. The summed E-state index contributed by atoms with van der Waals surface area (Å²) in [4.78, 5) is 7.26. The molecular weight excluding hydrogens is 176 g/mol. The molecule has 0 spiro atoms. The summed E-state index contributed by atoms with van der Waals surface area (Å²) in [6.45, 7) is 0. The Morgan fingerprint density at radius 3 is 3.07 bits per heavy atom. The quantitative estimate of drug-likeness (QED) is 0.631. The van der Waals surface area contributed by atoms with E-state index in [0.717, 1.165) is 22.4 Å². The first kappa shape index (κ1) is 7.38. The van der Waals surface area contributed by atoms with Crippen LogP contribution in [0.25, 0.3) is 22.4 Å². The van der Waals surface area contributed by atoms with Crippen molar-refractivity contribution in [3.63, 3.8) is 0 Å². The topological polar surface area (TPSA) is 41.8 Å². The fourth-order valence-corrected chi connectivity index (χ4v) is 1.59. The van der Waals surface area contributed by atoms with E-state index in [4.69, 9.17) is 4.42 Å². The molecule has 0 aliphatic carbocycles. The molecule has 0 saturated carbocycles. The van der Waals surface area contributed by atoms with Gasteiger partial charge in [-0.25, -0.2) is 4.98 Å². The molecule has 3 nitrogen and oxygen atoms in total. The van der Waals surface area contributed by atoms with Crippen molar-refractivity contribution >= 4 is 11.0 Å². The van der Waals surface area contributed by atoms with Gasteiger partial charge < -0.3 is 9.40 Å².